The zero-order valence-corrected chi connectivity index (χ0v) is 12.3. The normalized spacial score (nSPS) is 11.0. The largest absolute Gasteiger partial charge is 0.497 e. The third-order valence-corrected chi connectivity index (χ3v) is 3.81. The van der Waals surface area contributed by atoms with Crippen molar-refractivity contribution >= 4 is 11.0 Å². The molecule has 3 aromatic rings. The van der Waals surface area contributed by atoms with Crippen LogP contribution in [0.25, 0.3) is 11.0 Å². The Bertz CT molecular complexity index is 777. The summed E-state index contributed by atoms with van der Waals surface area (Å²) in [6.07, 6.45) is 0. The summed E-state index contributed by atoms with van der Waals surface area (Å²) in [5, 5.41) is 0. The molecule has 2 aromatic carbocycles. The fraction of sp³-hybridized carbons (Fsp3) is 0.235. The highest BCUT2D eigenvalue weighted by molar-refractivity contribution is 5.78. The van der Waals surface area contributed by atoms with Crippen LogP contribution in [0.15, 0.2) is 42.5 Å². The van der Waals surface area contributed by atoms with E-state index in [-0.39, 0.29) is 0 Å². The van der Waals surface area contributed by atoms with Gasteiger partial charge in [-0.25, -0.2) is 4.98 Å². The molecule has 108 valence electrons. The number of aryl methyl sites for hydroxylation is 1. The van der Waals surface area contributed by atoms with Gasteiger partial charge in [-0.2, -0.15) is 0 Å². The minimum atomic E-state index is 0.420. The first kappa shape index (κ1) is 13.6. The molecule has 0 aliphatic heterocycles. The quantitative estimate of drug-likeness (QED) is 0.800. The lowest BCUT2D eigenvalue weighted by Crippen LogP contribution is -2.10. The summed E-state index contributed by atoms with van der Waals surface area (Å²) in [4.78, 5) is 4.62. The zero-order chi connectivity index (χ0) is 14.8. The summed E-state index contributed by atoms with van der Waals surface area (Å²) in [7, 11) is 1.66. The van der Waals surface area contributed by atoms with Crippen LogP contribution in [-0.4, -0.2) is 16.7 Å². The van der Waals surface area contributed by atoms with Crippen molar-refractivity contribution in [1.82, 2.24) is 9.55 Å². The van der Waals surface area contributed by atoms with Gasteiger partial charge in [-0.05, 0) is 30.2 Å². The predicted molar refractivity (Wildman–Crippen MR) is 84.5 cm³/mol. The van der Waals surface area contributed by atoms with E-state index < -0.39 is 0 Å². The molecule has 0 saturated heterocycles. The maximum absolute atomic E-state index is 5.86. The van der Waals surface area contributed by atoms with Gasteiger partial charge < -0.3 is 15.0 Å². The summed E-state index contributed by atoms with van der Waals surface area (Å²) in [6.45, 7) is 3.32. The molecule has 3 rings (SSSR count). The molecule has 4 heteroatoms. The monoisotopic (exact) mass is 281 g/mol. The van der Waals surface area contributed by atoms with Crippen LogP contribution in [0, 0.1) is 6.92 Å². The maximum atomic E-state index is 5.86. The summed E-state index contributed by atoms with van der Waals surface area (Å²) < 4.78 is 7.44. The van der Waals surface area contributed by atoms with Gasteiger partial charge in [-0.15, -0.1) is 0 Å². The van der Waals surface area contributed by atoms with Gasteiger partial charge in [-0.3, -0.25) is 0 Å². The second-order valence-corrected chi connectivity index (χ2v) is 5.10. The van der Waals surface area contributed by atoms with Crippen molar-refractivity contribution in [2.45, 2.75) is 20.0 Å². The van der Waals surface area contributed by atoms with Crippen LogP contribution in [-0.2, 0) is 13.1 Å². The lowest BCUT2D eigenvalue weighted by atomic mass is 10.1. The van der Waals surface area contributed by atoms with Crippen LogP contribution in [0.3, 0.4) is 0 Å². The van der Waals surface area contributed by atoms with Crippen LogP contribution in [0.1, 0.15) is 17.0 Å². The second-order valence-electron chi connectivity index (χ2n) is 5.10. The van der Waals surface area contributed by atoms with Gasteiger partial charge in [0.25, 0.3) is 0 Å². The van der Waals surface area contributed by atoms with E-state index in [1.54, 1.807) is 7.11 Å². The molecule has 0 spiro atoms. The lowest BCUT2D eigenvalue weighted by Gasteiger charge is -2.10. The van der Waals surface area contributed by atoms with E-state index in [1.807, 2.05) is 18.2 Å². The third-order valence-electron chi connectivity index (χ3n) is 3.81. The number of nitrogens with two attached hydrogens (primary N) is 1. The Hall–Kier alpha value is -2.33. The Morgan fingerprint density at radius 3 is 2.71 bits per heavy atom. The third kappa shape index (κ3) is 2.50. The number of methoxy groups -OCH3 is 1. The van der Waals surface area contributed by atoms with E-state index in [2.05, 4.69) is 40.7 Å². The number of benzene rings is 2. The zero-order valence-electron chi connectivity index (χ0n) is 12.3. The predicted octanol–water partition coefficient (Wildman–Crippen LogP) is 2.86. The Morgan fingerprint density at radius 1 is 1.19 bits per heavy atom. The van der Waals surface area contributed by atoms with Crippen LogP contribution in [0.2, 0.25) is 0 Å². The van der Waals surface area contributed by atoms with Gasteiger partial charge in [0, 0.05) is 12.6 Å². The highest BCUT2D eigenvalue weighted by atomic mass is 16.5. The molecule has 1 aromatic heterocycles. The minimum absolute atomic E-state index is 0.420. The molecule has 0 aliphatic rings. The summed E-state index contributed by atoms with van der Waals surface area (Å²) >= 11 is 0. The van der Waals surface area contributed by atoms with Crippen molar-refractivity contribution < 1.29 is 4.74 Å². The first-order valence-corrected chi connectivity index (χ1v) is 7.00. The first-order chi connectivity index (χ1) is 10.2. The molecule has 0 fully saturated rings. The maximum Gasteiger partial charge on any atom is 0.123 e. The van der Waals surface area contributed by atoms with Crippen molar-refractivity contribution in [3.05, 3.63) is 59.4 Å². The number of hydrogen-bond donors (Lipinski definition) is 1. The fourth-order valence-corrected chi connectivity index (χ4v) is 2.58. The Labute approximate surface area is 124 Å². The number of nitrogens with zero attached hydrogens (tertiary/aromatic N) is 2. The van der Waals surface area contributed by atoms with Gasteiger partial charge in [0.1, 0.15) is 11.6 Å². The number of aromatic nitrogens is 2. The van der Waals surface area contributed by atoms with Crippen molar-refractivity contribution in [2.24, 2.45) is 5.73 Å². The Morgan fingerprint density at radius 2 is 2.00 bits per heavy atom. The molecule has 0 radical (unpaired) electrons. The number of rotatable bonds is 4. The van der Waals surface area contributed by atoms with Crippen LogP contribution < -0.4 is 10.5 Å². The average Bonchev–Trinajstić information content (AvgIpc) is 2.86. The topological polar surface area (TPSA) is 53.1 Å². The molecular formula is C17H19N3O. The summed E-state index contributed by atoms with van der Waals surface area (Å²) in [5.74, 6) is 1.70. The summed E-state index contributed by atoms with van der Waals surface area (Å²) in [5.41, 5.74) is 10.4. The molecule has 4 nitrogen and oxygen atoms in total. The molecule has 0 amide bonds. The number of imidazole rings is 1. The molecule has 0 aliphatic carbocycles. The van der Waals surface area contributed by atoms with Crippen molar-refractivity contribution in [1.29, 1.82) is 0 Å². The van der Waals surface area contributed by atoms with Crippen LogP contribution >= 0.6 is 0 Å². The van der Waals surface area contributed by atoms with E-state index in [1.165, 1.54) is 11.1 Å². The molecule has 1 heterocycles. The molecule has 0 bridgehead atoms. The van der Waals surface area contributed by atoms with E-state index in [9.17, 15) is 0 Å². The standard InChI is InChI=1S/C17H19N3O/c1-12-5-3-4-6-13(12)11-20-16-8-7-14(21-2)9-15(16)19-17(20)10-18/h3-9H,10-11,18H2,1-2H3. The Kier molecular flexibility index (Phi) is 3.62. The first-order valence-electron chi connectivity index (χ1n) is 7.00. The molecular weight excluding hydrogens is 262 g/mol. The SMILES string of the molecule is COc1ccc2c(c1)nc(CN)n2Cc1ccccc1C. The van der Waals surface area contributed by atoms with Crippen molar-refractivity contribution in [2.75, 3.05) is 7.11 Å². The number of ether oxygens (including phenoxy) is 1. The van der Waals surface area contributed by atoms with Crippen LogP contribution in [0.5, 0.6) is 5.75 Å². The Balaban J connectivity index is 2.10. The van der Waals surface area contributed by atoms with E-state index in [0.717, 1.165) is 29.2 Å². The molecule has 0 saturated carbocycles. The van der Waals surface area contributed by atoms with E-state index in [0.29, 0.717) is 6.54 Å². The smallest absolute Gasteiger partial charge is 0.123 e. The van der Waals surface area contributed by atoms with Gasteiger partial charge in [0.05, 0.1) is 24.7 Å². The lowest BCUT2D eigenvalue weighted by molar-refractivity contribution is 0.415. The highest BCUT2D eigenvalue weighted by Gasteiger charge is 2.11. The molecule has 0 atom stereocenters. The second kappa shape index (κ2) is 5.58. The molecule has 0 unspecified atom stereocenters. The van der Waals surface area contributed by atoms with Gasteiger partial charge >= 0.3 is 0 Å². The van der Waals surface area contributed by atoms with Crippen molar-refractivity contribution in [3.8, 4) is 5.75 Å². The average molecular weight is 281 g/mol. The molecule has 2 N–H and O–H groups in total. The van der Waals surface area contributed by atoms with Gasteiger partial charge in [-0.1, -0.05) is 24.3 Å². The van der Waals surface area contributed by atoms with Gasteiger partial charge in [0.2, 0.25) is 0 Å². The minimum Gasteiger partial charge on any atom is -0.497 e. The highest BCUT2D eigenvalue weighted by Crippen LogP contribution is 2.23. The van der Waals surface area contributed by atoms with Gasteiger partial charge in [0.15, 0.2) is 0 Å². The molecule has 21 heavy (non-hydrogen) atoms. The van der Waals surface area contributed by atoms with E-state index >= 15 is 0 Å². The number of hydrogen-bond acceptors (Lipinski definition) is 3. The van der Waals surface area contributed by atoms with Crippen LogP contribution in [0.4, 0.5) is 0 Å². The summed E-state index contributed by atoms with van der Waals surface area (Å²) in [6, 6.07) is 14.3. The van der Waals surface area contributed by atoms with Crippen molar-refractivity contribution in [3.63, 3.8) is 0 Å². The van der Waals surface area contributed by atoms with E-state index in [4.69, 9.17) is 10.5 Å². The fourth-order valence-electron chi connectivity index (χ4n) is 2.58. The number of fused-ring (bicyclic) bond motifs is 1.